The molecular formula is C11H19N3O2S. The molecule has 0 fully saturated rings. The van der Waals surface area contributed by atoms with Crippen molar-refractivity contribution >= 4 is 17.2 Å². The van der Waals surface area contributed by atoms with Gasteiger partial charge in [0.05, 0.1) is 19.3 Å². The number of hydrogen-bond donors (Lipinski definition) is 2. The van der Waals surface area contributed by atoms with E-state index >= 15 is 0 Å². The largest absolute Gasteiger partial charge is 0.380 e. The molecule has 1 amide bonds. The van der Waals surface area contributed by atoms with Crippen LogP contribution in [0.25, 0.3) is 0 Å². The lowest BCUT2D eigenvalue weighted by Crippen LogP contribution is -2.27. The molecule has 1 heterocycles. The molecule has 1 aromatic rings. The van der Waals surface area contributed by atoms with Gasteiger partial charge in [0, 0.05) is 24.0 Å². The molecule has 0 aromatic carbocycles. The van der Waals surface area contributed by atoms with E-state index in [0.29, 0.717) is 26.2 Å². The van der Waals surface area contributed by atoms with Gasteiger partial charge in [-0.2, -0.15) is 0 Å². The van der Waals surface area contributed by atoms with Crippen LogP contribution in [-0.2, 0) is 9.53 Å². The molecule has 0 saturated carbocycles. The molecular weight excluding hydrogens is 238 g/mol. The number of thiazole rings is 1. The maximum absolute atomic E-state index is 11.6. The molecule has 0 aliphatic rings. The predicted octanol–water partition coefficient (Wildman–Crippen LogP) is 0.994. The van der Waals surface area contributed by atoms with Crippen LogP contribution in [0, 0.1) is 6.92 Å². The van der Waals surface area contributed by atoms with Gasteiger partial charge in [-0.15, -0.1) is 11.3 Å². The number of carbonyl (C=O) groups is 1. The van der Waals surface area contributed by atoms with Crippen molar-refractivity contribution in [2.75, 3.05) is 19.8 Å². The molecule has 3 N–H and O–H groups in total. The Kier molecular flexibility index (Phi) is 6.10. The van der Waals surface area contributed by atoms with Crippen LogP contribution in [0.2, 0.25) is 0 Å². The van der Waals surface area contributed by atoms with Crippen molar-refractivity contribution in [3.8, 4) is 0 Å². The zero-order chi connectivity index (χ0) is 12.7. The van der Waals surface area contributed by atoms with Crippen molar-refractivity contribution < 1.29 is 9.53 Å². The number of hydrogen-bond acceptors (Lipinski definition) is 5. The number of nitrogens with one attached hydrogen (secondary N) is 1. The Balaban J connectivity index is 2.26. The highest BCUT2D eigenvalue weighted by molar-refractivity contribution is 7.09. The highest BCUT2D eigenvalue weighted by Gasteiger charge is 2.12. The summed E-state index contributed by atoms with van der Waals surface area (Å²) in [4.78, 5) is 15.9. The van der Waals surface area contributed by atoms with Gasteiger partial charge in [-0.1, -0.05) is 0 Å². The second kappa shape index (κ2) is 7.37. The van der Waals surface area contributed by atoms with Crippen LogP contribution in [0.4, 0.5) is 0 Å². The average Bonchev–Trinajstić information content (AvgIpc) is 2.71. The Morgan fingerprint density at radius 1 is 1.65 bits per heavy atom. The number of rotatable bonds is 7. The van der Waals surface area contributed by atoms with Crippen LogP contribution in [0.15, 0.2) is 5.38 Å². The Hall–Kier alpha value is -0.980. The molecule has 1 unspecified atom stereocenters. The lowest BCUT2D eigenvalue weighted by atomic mass is 10.3. The van der Waals surface area contributed by atoms with Gasteiger partial charge in [-0.25, -0.2) is 4.98 Å². The molecule has 0 aliphatic heterocycles. The van der Waals surface area contributed by atoms with Crippen LogP contribution in [0.5, 0.6) is 0 Å². The molecule has 0 bridgehead atoms. The summed E-state index contributed by atoms with van der Waals surface area (Å²) < 4.78 is 5.15. The molecule has 0 radical (unpaired) electrons. The van der Waals surface area contributed by atoms with E-state index in [1.807, 2.05) is 19.2 Å². The Morgan fingerprint density at radius 2 is 2.41 bits per heavy atom. The zero-order valence-corrected chi connectivity index (χ0v) is 11.0. The van der Waals surface area contributed by atoms with Gasteiger partial charge in [0.2, 0.25) is 5.91 Å². The predicted molar refractivity (Wildman–Crippen MR) is 67.9 cm³/mol. The summed E-state index contributed by atoms with van der Waals surface area (Å²) in [5.41, 5.74) is 6.26. The summed E-state index contributed by atoms with van der Waals surface area (Å²) in [5.74, 6) is -0.0256. The summed E-state index contributed by atoms with van der Waals surface area (Å²) in [6.45, 7) is 5.25. The Bertz CT molecular complexity index is 354. The van der Waals surface area contributed by atoms with E-state index in [9.17, 15) is 4.79 Å². The first kappa shape index (κ1) is 14.1. The minimum absolute atomic E-state index is 0.0256. The fourth-order valence-corrected chi connectivity index (χ4v) is 2.10. The van der Waals surface area contributed by atoms with Gasteiger partial charge in [0.1, 0.15) is 5.01 Å². The first-order valence-corrected chi connectivity index (χ1v) is 6.50. The lowest BCUT2D eigenvalue weighted by molar-refractivity contribution is -0.122. The molecule has 1 rings (SSSR count). The van der Waals surface area contributed by atoms with Crippen molar-refractivity contribution in [2.45, 2.75) is 26.3 Å². The van der Waals surface area contributed by atoms with Crippen LogP contribution in [0.1, 0.15) is 30.1 Å². The molecule has 5 nitrogen and oxygen atoms in total. The van der Waals surface area contributed by atoms with Crippen molar-refractivity contribution in [1.29, 1.82) is 0 Å². The number of nitrogens with two attached hydrogens (primary N) is 1. The molecule has 6 heteroatoms. The average molecular weight is 257 g/mol. The van der Waals surface area contributed by atoms with Gasteiger partial charge in [0.25, 0.3) is 0 Å². The van der Waals surface area contributed by atoms with Crippen molar-refractivity contribution in [1.82, 2.24) is 10.3 Å². The third-order valence-corrected chi connectivity index (χ3v) is 3.27. The molecule has 0 spiro atoms. The summed E-state index contributed by atoms with van der Waals surface area (Å²) in [6.07, 6.45) is 0.356. The minimum atomic E-state index is -0.0456. The van der Waals surface area contributed by atoms with E-state index in [-0.39, 0.29) is 11.9 Å². The number of aryl methyl sites for hydroxylation is 1. The zero-order valence-electron chi connectivity index (χ0n) is 10.2. The second-order valence-electron chi connectivity index (χ2n) is 3.77. The fraction of sp³-hybridized carbons (Fsp3) is 0.636. The summed E-state index contributed by atoms with van der Waals surface area (Å²) in [5, 5.41) is 5.79. The van der Waals surface area contributed by atoms with Gasteiger partial charge in [-0.05, 0) is 13.8 Å². The summed E-state index contributed by atoms with van der Waals surface area (Å²) >= 11 is 1.56. The minimum Gasteiger partial charge on any atom is -0.380 e. The van der Waals surface area contributed by atoms with E-state index in [1.54, 1.807) is 11.3 Å². The van der Waals surface area contributed by atoms with E-state index in [2.05, 4.69) is 10.3 Å². The lowest BCUT2D eigenvalue weighted by Gasteiger charge is -2.11. The molecule has 0 aliphatic carbocycles. The summed E-state index contributed by atoms with van der Waals surface area (Å²) in [7, 11) is 0. The van der Waals surface area contributed by atoms with E-state index in [4.69, 9.17) is 10.5 Å². The standard InChI is InChI=1S/C11H19N3O2S/c1-8-7-17-11(13-8)9(2)14-10(15)3-5-16-6-4-12/h7,9H,3-6,12H2,1-2H3,(H,14,15). The van der Waals surface area contributed by atoms with Gasteiger partial charge in [0.15, 0.2) is 0 Å². The number of amides is 1. The Morgan fingerprint density at radius 3 is 3.00 bits per heavy atom. The first-order valence-electron chi connectivity index (χ1n) is 5.62. The molecule has 96 valence electrons. The first-order chi connectivity index (χ1) is 8.13. The summed E-state index contributed by atoms with van der Waals surface area (Å²) in [6, 6.07) is -0.0456. The molecule has 1 atom stereocenters. The Labute approximate surface area is 105 Å². The van der Waals surface area contributed by atoms with Crippen LogP contribution >= 0.6 is 11.3 Å². The second-order valence-corrected chi connectivity index (χ2v) is 4.66. The molecule has 17 heavy (non-hydrogen) atoms. The fourth-order valence-electron chi connectivity index (χ4n) is 1.30. The van der Waals surface area contributed by atoms with E-state index < -0.39 is 0 Å². The number of carbonyl (C=O) groups excluding carboxylic acids is 1. The maximum Gasteiger partial charge on any atom is 0.222 e. The maximum atomic E-state index is 11.6. The number of ether oxygens (including phenoxy) is 1. The van der Waals surface area contributed by atoms with Crippen molar-refractivity contribution in [3.05, 3.63) is 16.1 Å². The SMILES string of the molecule is Cc1csc(C(C)NC(=O)CCOCCN)n1. The topological polar surface area (TPSA) is 77.2 Å². The van der Waals surface area contributed by atoms with Gasteiger partial charge in [-0.3, -0.25) is 4.79 Å². The van der Waals surface area contributed by atoms with E-state index in [1.165, 1.54) is 0 Å². The van der Waals surface area contributed by atoms with Crippen molar-refractivity contribution in [3.63, 3.8) is 0 Å². The highest BCUT2D eigenvalue weighted by atomic mass is 32.1. The highest BCUT2D eigenvalue weighted by Crippen LogP contribution is 2.17. The van der Waals surface area contributed by atoms with E-state index in [0.717, 1.165) is 10.7 Å². The third kappa shape index (κ3) is 5.25. The third-order valence-electron chi connectivity index (χ3n) is 2.12. The molecule has 1 aromatic heterocycles. The van der Waals surface area contributed by atoms with Crippen LogP contribution < -0.4 is 11.1 Å². The molecule has 0 saturated heterocycles. The van der Waals surface area contributed by atoms with Gasteiger partial charge < -0.3 is 15.8 Å². The monoisotopic (exact) mass is 257 g/mol. The smallest absolute Gasteiger partial charge is 0.222 e. The normalized spacial score (nSPS) is 12.4. The van der Waals surface area contributed by atoms with Crippen LogP contribution in [0.3, 0.4) is 0 Å². The van der Waals surface area contributed by atoms with Crippen molar-refractivity contribution in [2.24, 2.45) is 5.73 Å². The van der Waals surface area contributed by atoms with Crippen LogP contribution in [-0.4, -0.2) is 30.6 Å². The quantitative estimate of drug-likeness (QED) is 0.714. The number of aromatic nitrogens is 1. The number of nitrogens with zero attached hydrogens (tertiary/aromatic N) is 1. The van der Waals surface area contributed by atoms with Gasteiger partial charge >= 0.3 is 0 Å².